The van der Waals surface area contributed by atoms with Gasteiger partial charge >= 0.3 is 0 Å². The molecule has 0 spiro atoms. The maximum Gasteiger partial charge on any atom is 0.185 e. The minimum atomic E-state index is -0.396. The Hall–Kier alpha value is -2.78. The molecule has 160 valence electrons. The second-order valence-electron chi connectivity index (χ2n) is 7.15. The third-order valence-electron chi connectivity index (χ3n) is 5.15. The van der Waals surface area contributed by atoms with Crippen LogP contribution in [0.2, 0.25) is 0 Å². The van der Waals surface area contributed by atoms with Gasteiger partial charge in [0, 0.05) is 36.3 Å². The van der Waals surface area contributed by atoms with Gasteiger partial charge in [-0.05, 0) is 59.1 Å². The average Bonchev–Trinajstić information content (AvgIpc) is 3.30. The number of Topliss-reactive ketones (excluding diaryl/α,β-unsaturated/α-hetero) is 1. The molecule has 0 bridgehead atoms. The van der Waals surface area contributed by atoms with Gasteiger partial charge in [-0.15, -0.1) is 11.3 Å². The molecule has 1 aromatic carbocycles. The lowest BCUT2D eigenvalue weighted by atomic mass is 9.91. The highest BCUT2D eigenvalue weighted by Gasteiger charge is 2.28. The Morgan fingerprint density at radius 3 is 2.74 bits per heavy atom. The molecule has 0 aliphatic carbocycles. The summed E-state index contributed by atoms with van der Waals surface area (Å²) in [6, 6.07) is 10.1. The molecule has 1 saturated heterocycles. The van der Waals surface area contributed by atoms with Crippen LogP contribution in [0.3, 0.4) is 0 Å². The second kappa shape index (κ2) is 9.57. The number of ketones is 1. The maximum absolute atomic E-state index is 13.4. The van der Waals surface area contributed by atoms with Gasteiger partial charge in [0.2, 0.25) is 0 Å². The summed E-state index contributed by atoms with van der Waals surface area (Å²) in [7, 11) is 0. The fraction of sp³-hybridized carbons (Fsp3) is 0.227. The Bertz CT molecular complexity index is 1100. The van der Waals surface area contributed by atoms with Gasteiger partial charge in [-0.2, -0.15) is 0 Å². The van der Waals surface area contributed by atoms with Crippen molar-refractivity contribution in [3.05, 3.63) is 70.2 Å². The first-order valence-corrected chi connectivity index (χ1v) is 11.4. The number of carbonyl (C=O) groups is 1. The van der Waals surface area contributed by atoms with Crippen molar-refractivity contribution in [1.29, 1.82) is 0 Å². The molecule has 1 aliphatic rings. The zero-order valence-corrected chi connectivity index (χ0v) is 18.9. The molecule has 0 saturated carbocycles. The minimum absolute atomic E-state index is 0.101. The molecule has 0 amide bonds. The Kier molecular flexibility index (Phi) is 6.62. The van der Waals surface area contributed by atoms with E-state index in [-0.39, 0.29) is 21.9 Å². The molecule has 4 rings (SSSR count). The fourth-order valence-corrected chi connectivity index (χ4v) is 4.73. The van der Waals surface area contributed by atoms with Crippen LogP contribution in [-0.2, 0) is 4.79 Å². The number of aromatic nitrogens is 2. The number of thiazole rings is 1. The molecular formula is C22H20BrFN4O2S. The van der Waals surface area contributed by atoms with Gasteiger partial charge in [0.05, 0.1) is 10.2 Å². The summed E-state index contributed by atoms with van der Waals surface area (Å²) < 4.78 is 13.7. The first kappa shape index (κ1) is 21.5. The smallest absolute Gasteiger partial charge is 0.185 e. The lowest BCUT2D eigenvalue weighted by Crippen LogP contribution is -2.37. The third-order valence-corrected chi connectivity index (χ3v) is 6.66. The second-order valence-corrected chi connectivity index (χ2v) is 8.84. The highest BCUT2D eigenvalue weighted by Crippen LogP contribution is 2.31. The van der Waals surface area contributed by atoms with Crippen molar-refractivity contribution >= 4 is 43.9 Å². The van der Waals surface area contributed by atoms with E-state index in [0.29, 0.717) is 31.6 Å². The largest absolute Gasteiger partial charge is 0.513 e. The monoisotopic (exact) mass is 502 g/mol. The quantitative estimate of drug-likeness (QED) is 0.346. The summed E-state index contributed by atoms with van der Waals surface area (Å²) in [4.78, 5) is 24.1. The van der Waals surface area contributed by atoms with Crippen LogP contribution in [-0.4, -0.2) is 33.9 Å². The van der Waals surface area contributed by atoms with Crippen LogP contribution >= 0.6 is 27.3 Å². The van der Waals surface area contributed by atoms with E-state index in [1.54, 1.807) is 17.5 Å². The van der Waals surface area contributed by atoms with Gasteiger partial charge in [-0.25, -0.2) is 9.37 Å². The van der Waals surface area contributed by atoms with Gasteiger partial charge in [-0.3, -0.25) is 9.78 Å². The van der Waals surface area contributed by atoms with E-state index >= 15 is 0 Å². The van der Waals surface area contributed by atoms with Crippen molar-refractivity contribution in [2.45, 2.75) is 12.8 Å². The van der Waals surface area contributed by atoms with Crippen LogP contribution in [0.1, 0.15) is 12.8 Å². The molecule has 2 aromatic heterocycles. The van der Waals surface area contributed by atoms with Crippen molar-refractivity contribution in [3.8, 4) is 11.4 Å². The van der Waals surface area contributed by atoms with Crippen molar-refractivity contribution in [3.63, 3.8) is 0 Å². The standard InChI is InChI=1S/C22H20BrFN4O2S/c23-16-11-15(4-5-17(16)24)26-19(12-29)21(30)14-6-9-28(10-7-14)22-27-20(13-31-22)18-3-1-2-8-25-18/h1-5,8,11-14,26,29H,6-7,9-10H2/b19-12-. The van der Waals surface area contributed by atoms with Crippen molar-refractivity contribution < 1.29 is 14.3 Å². The van der Waals surface area contributed by atoms with E-state index in [2.05, 4.69) is 31.1 Å². The Morgan fingerprint density at radius 2 is 2.06 bits per heavy atom. The Balaban J connectivity index is 1.37. The number of halogens is 2. The van der Waals surface area contributed by atoms with Crippen LogP contribution < -0.4 is 10.2 Å². The van der Waals surface area contributed by atoms with Gasteiger partial charge in [-0.1, -0.05) is 6.07 Å². The van der Waals surface area contributed by atoms with E-state index in [1.807, 2.05) is 23.6 Å². The molecule has 2 N–H and O–H groups in total. The number of hydrogen-bond acceptors (Lipinski definition) is 7. The van der Waals surface area contributed by atoms with Crippen molar-refractivity contribution in [2.24, 2.45) is 5.92 Å². The molecule has 3 aromatic rings. The summed E-state index contributed by atoms with van der Waals surface area (Å²) in [5, 5.41) is 15.4. The van der Waals surface area contributed by atoms with Crippen LogP contribution in [0.4, 0.5) is 15.2 Å². The van der Waals surface area contributed by atoms with Crippen LogP contribution in [0.15, 0.2) is 64.4 Å². The molecule has 3 heterocycles. The lowest BCUT2D eigenvalue weighted by Gasteiger charge is -2.31. The number of nitrogens with one attached hydrogen (secondary N) is 1. The number of nitrogens with zero attached hydrogens (tertiary/aromatic N) is 3. The first-order chi connectivity index (χ1) is 15.0. The number of carbonyl (C=O) groups excluding carboxylic acids is 1. The number of allylic oxidation sites excluding steroid dienone is 1. The summed E-state index contributed by atoms with van der Waals surface area (Å²) in [5.41, 5.74) is 2.30. The number of anilines is 2. The molecular weight excluding hydrogens is 483 g/mol. The number of pyridine rings is 1. The fourth-order valence-electron chi connectivity index (χ4n) is 3.48. The summed E-state index contributed by atoms with van der Waals surface area (Å²) >= 11 is 4.69. The predicted octanol–water partition coefficient (Wildman–Crippen LogP) is 5.40. The maximum atomic E-state index is 13.4. The summed E-state index contributed by atoms with van der Waals surface area (Å²) in [5.74, 6) is -0.760. The van der Waals surface area contributed by atoms with E-state index in [9.17, 15) is 14.3 Å². The number of benzene rings is 1. The zero-order valence-electron chi connectivity index (χ0n) is 16.5. The normalized spacial score (nSPS) is 15.2. The number of piperidine rings is 1. The number of rotatable bonds is 6. The van der Waals surface area contributed by atoms with Crippen LogP contribution in [0.25, 0.3) is 11.4 Å². The van der Waals surface area contributed by atoms with Crippen LogP contribution in [0, 0.1) is 11.7 Å². The minimum Gasteiger partial charge on any atom is -0.513 e. The number of hydrogen-bond donors (Lipinski definition) is 2. The SMILES string of the molecule is O=C(/C(=C/O)Nc1ccc(F)c(Br)c1)C1CCN(c2nc(-c3ccccn3)cs2)CC1. The lowest BCUT2D eigenvalue weighted by molar-refractivity contribution is -0.119. The Morgan fingerprint density at radius 1 is 1.26 bits per heavy atom. The Labute approximate surface area is 191 Å². The van der Waals surface area contributed by atoms with E-state index in [4.69, 9.17) is 4.98 Å². The van der Waals surface area contributed by atoms with Crippen molar-refractivity contribution in [2.75, 3.05) is 23.3 Å². The molecule has 31 heavy (non-hydrogen) atoms. The predicted molar refractivity (Wildman–Crippen MR) is 124 cm³/mol. The molecule has 0 unspecified atom stereocenters. The highest BCUT2D eigenvalue weighted by atomic mass is 79.9. The molecule has 1 aliphatic heterocycles. The van der Waals surface area contributed by atoms with Crippen LogP contribution in [0.5, 0.6) is 0 Å². The van der Waals surface area contributed by atoms with E-state index < -0.39 is 5.82 Å². The molecule has 6 nitrogen and oxygen atoms in total. The van der Waals surface area contributed by atoms with Gasteiger partial charge in [0.25, 0.3) is 0 Å². The van der Waals surface area contributed by atoms with Gasteiger partial charge in [0.15, 0.2) is 10.9 Å². The summed E-state index contributed by atoms with van der Waals surface area (Å²) in [6.45, 7) is 1.40. The van der Waals surface area contributed by atoms with E-state index in [0.717, 1.165) is 22.8 Å². The summed E-state index contributed by atoms with van der Waals surface area (Å²) in [6.07, 6.45) is 3.84. The molecule has 0 radical (unpaired) electrons. The van der Waals surface area contributed by atoms with Gasteiger partial charge in [0.1, 0.15) is 23.5 Å². The van der Waals surface area contributed by atoms with Crippen molar-refractivity contribution in [1.82, 2.24) is 9.97 Å². The highest BCUT2D eigenvalue weighted by molar-refractivity contribution is 9.10. The topological polar surface area (TPSA) is 78.4 Å². The third kappa shape index (κ3) is 4.94. The molecule has 0 atom stereocenters. The van der Waals surface area contributed by atoms with E-state index in [1.165, 1.54) is 18.2 Å². The molecule has 1 fully saturated rings. The first-order valence-electron chi connectivity index (χ1n) is 9.77. The number of aliphatic hydroxyl groups is 1. The zero-order chi connectivity index (χ0) is 21.8. The number of aliphatic hydroxyl groups excluding tert-OH is 1. The van der Waals surface area contributed by atoms with Gasteiger partial charge < -0.3 is 15.3 Å². The molecule has 9 heteroatoms. The average molecular weight is 503 g/mol.